The van der Waals surface area contributed by atoms with Crippen LogP contribution >= 0.6 is 7.92 Å². The minimum atomic E-state index is -1.51. The van der Waals surface area contributed by atoms with Gasteiger partial charge in [-0.3, -0.25) is 0 Å². The Morgan fingerprint density at radius 2 is 1.20 bits per heavy atom. The fourth-order valence-corrected chi connectivity index (χ4v) is 12.6. The second kappa shape index (κ2) is 8.75. The molecule has 0 spiro atoms. The van der Waals surface area contributed by atoms with Crippen molar-refractivity contribution in [2.45, 2.75) is 101 Å². The van der Waals surface area contributed by atoms with E-state index in [0.717, 1.165) is 0 Å². The van der Waals surface area contributed by atoms with E-state index in [4.69, 9.17) is 0 Å². The van der Waals surface area contributed by atoms with Crippen molar-refractivity contribution < 1.29 is 0 Å². The third kappa shape index (κ3) is 6.15. The molecule has 0 saturated heterocycles. The molecule has 0 atom stereocenters. The summed E-state index contributed by atoms with van der Waals surface area (Å²) in [5.41, 5.74) is 2.36. The van der Waals surface area contributed by atoms with Crippen LogP contribution in [0.15, 0.2) is 0 Å². The van der Waals surface area contributed by atoms with Gasteiger partial charge in [-0.2, -0.15) is 0 Å². The summed E-state index contributed by atoms with van der Waals surface area (Å²) < 4.78 is 1.65. The van der Waals surface area contributed by atoms with Crippen LogP contribution in [0.4, 0.5) is 0 Å². The maximum atomic E-state index is 2.62. The summed E-state index contributed by atoms with van der Waals surface area (Å²) in [6.07, 6.45) is 18.9. The maximum absolute atomic E-state index is 2.62. The molecule has 2 saturated carbocycles. The van der Waals surface area contributed by atoms with Crippen LogP contribution < -0.4 is 0 Å². The Balaban J connectivity index is 1.88. The van der Waals surface area contributed by atoms with Gasteiger partial charge in [0.05, 0.1) is 0 Å². The summed E-state index contributed by atoms with van der Waals surface area (Å²) >= 11 is -1.51. The van der Waals surface area contributed by atoms with Crippen LogP contribution in [0.3, 0.4) is 0 Å². The first-order valence-electron chi connectivity index (χ1n) is 9.32. The van der Waals surface area contributed by atoms with E-state index in [0.29, 0.717) is 7.92 Å². The monoisotopic (exact) mass is 404 g/mol. The molecule has 20 heavy (non-hydrogen) atoms. The Hall–Kier alpha value is 1.23. The molecule has 0 aromatic rings. The van der Waals surface area contributed by atoms with E-state index in [9.17, 15) is 0 Å². The van der Waals surface area contributed by atoms with Gasteiger partial charge in [0.1, 0.15) is 0 Å². The van der Waals surface area contributed by atoms with Gasteiger partial charge in [0.2, 0.25) is 0 Å². The SMILES string of the molecule is [CH3][Sn]([CH3])([CH3])[CH2]CCP(C1CCCCC1)C1CCCCC1. The van der Waals surface area contributed by atoms with Crippen LogP contribution in [-0.2, 0) is 0 Å². The zero-order valence-corrected chi connectivity index (χ0v) is 18.0. The Morgan fingerprint density at radius 1 is 0.750 bits per heavy atom. The first-order chi connectivity index (χ1) is 9.56. The summed E-state index contributed by atoms with van der Waals surface area (Å²) in [4.78, 5) is 7.87. The minimum absolute atomic E-state index is 0.384. The Bertz CT molecular complexity index is 241. The van der Waals surface area contributed by atoms with Gasteiger partial charge in [0, 0.05) is 0 Å². The second-order valence-electron chi connectivity index (χ2n) is 8.49. The zero-order chi connectivity index (χ0) is 14.4. The van der Waals surface area contributed by atoms with Crippen molar-refractivity contribution in [2.75, 3.05) is 6.16 Å². The van der Waals surface area contributed by atoms with Gasteiger partial charge in [0.15, 0.2) is 0 Å². The summed E-state index contributed by atoms with van der Waals surface area (Å²) in [6, 6.07) is 0. The number of hydrogen-bond acceptors (Lipinski definition) is 0. The average Bonchev–Trinajstić information content (AvgIpc) is 2.44. The van der Waals surface area contributed by atoms with Gasteiger partial charge in [-0.25, -0.2) is 0 Å². The summed E-state index contributed by atoms with van der Waals surface area (Å²) in [7, 11) is 0.384. The van der Waals surface area contributed by atoms with Crippen LogP contribution in [0.2, 0.25) is 19.3 Å². The van der Waals surface area contributed by atoms with E-state index in [2.05, 4.69) is 14.8 Å². The van der Waals surface area contributed by atoms with E-state index >= 15 is 0 Å². The van der Waals surface area contributed by atoms with Crippen molar-refractivity contribution in [3.05, 3.63) is 0 Å². The quantitative estimate of drug-likeness (QED) is 0.336. The van der Waals surface area contributed by atoms with Crippen LogP contribution in [-0.4, -0.2) is 35.9 Å². The van der Waals surface area contributed by atoms with Crippen molar-refractivity contribution >= 4 is 26.3 Å². The van der Waals surface area contributed by atoms with E-state index in [1.165, 1.54) is 24.2 Å². The van der Waals surface area contributed by atoms with Crippen molar-refractivity contribution in [3.8, 4) is 0 Å². The molecule has 0 aliphatic heterocycles. The summed E-state index contributed by atoms with van der Waals surface area (Å²) in [6.45, 7) is 0. The molecule has 0 bridgehead atoms. The van der Waals surface area contributed by atoms with E-state index in [-0.39, 0.29) is 0 Å². The van der Waals surface area contributed by atoms with Gasteiger partial charge in [-0.05, 0) is 0 Å². The van der Waals surface area contributed by atoms with E-state index in [1.807, 2.05) is 0 Å². The molecule has 2 fully saturated rings. The second-order valence-corrected chi connectivity index (χ2v) is 27.5. The molecule has 0 nitrogen and oxygen atoms in total. The van der Waals surface area contributed by atoms with Gasteiger partial charge >= 0.3 is 134 Å². The molecule has 2 heteroatoms. The Kier molecular flexibility index (Phi) is 7.70. The van der Waals surface area contributed by atoms with Crippen molar-refractivity contribution in [3.63, 3.8) is 0 Å². The fourth-order valence-electron chi connectivity index (χ4n) is 4.28. The topological polar surface area (TPSA) is 0 Å². The van der Waals surface area contributed by atoms with Gasteiger partial charge in [-0.15, -0.1) is 0 Å². The molecule has 0 radical (unpaired) electrons. The predicted octanol–water partition coefficient (Wildman–Crippen LogP) is 6.86. The van der Waals surface area contributed by atoms with Gasteiger partial charge in [0.25, 0.3) is 0 Å². The average molecular weight is 403 g/mol. The van der Waals surface area contributed by atoms with Crippen molar-refractivity contribution in [2.24, 2.45) is 0 Å². The molecular formula is C18H37PSn. The molecule has 118 valence electrons. The molecule has 0 heterocycles. The fraction of sp³-hybridized carbons (Fsp3) is 1.00. The normalized spacial score (nSPS) is 23.4. The first kappa shape index (κ1) is 17.6. The molecule has 0 amide bonds. The van der Waals surface area contributed by atoms with Gasteiger partial charge in [-0.1, -0.05) is 0 Å². The van der Waals surface area contributed by atoms with Gasteiger partial charge < -0.3 is 0 Å². The predicted molar refractivity (Wildman–Crippen MR) is 98.3 cm³/mol. The first-order valence-corrected chi connectivity index (χ1v) is 21.6. The van der Waals surface area contributed by atoms with Crippen molar-refractivity contribution in [1.82, 2.24) is 0 Å². The Labute approximate surface area is 133 Å². The van der Waals surface area contributed by atoms with E-state index < -0.39 is 18.4 Å². The van der Waals surface area contributed by atoms with E-state index in [1.54, 1.807) is 68.4 Å². The number of hydrogen-bond donors (Lipinski definition) is 0. The summed E-state index contributed by atoms with van der Waals surface area (Å²) in [5, 5.41) is 0. The Morgan fingerprint density at radius 3 is 1.60 bits per heavy atom. The van der Waals surface area contributed by atoms with Crippen LogP contribution in [0, 0.1) is 0 Å². The molecule has 0 N–H and O–H groups in total. The molecule has 0 unspecified atom stereocenters. The summed E-state index contributed by atoms with van der Waals surface area (Å²) in [5.74, 6) is 0. The third-order valence-corrected chi connectivity index (χ3v) is 14.5. The molecule has 2 aliphatic carbocycles. The number of rotatable bonds is 6. The van der Waals surface area contributed by atoms with Crippen LogP contribution in [0.5, 0.6) is 0 Å². The van der Waals surface area contributed by atoms with Crippen molar-refractivity contribution in [1.29, 1.82) is 0 Å². The molecule has 0 aromatic carbocycles. The molecule has 2 aliphatic rings. The standard InChI is InChI=1S/C15H28P.3CH3.Sn/c1-2-13-16(14-9-5-3-6-10-14)15-11-7-4-8-12-15;;;;/h14-15H,1-13H2;3*1H3;. The third-order valence-electron chi connectivity index (χ3n) is 5.43. The van der Waals surface area contributed by atoms with Crippen LogP contribution in [0.1, 0.15) is 70.6 Å². The molecular weight excluding hydrogens is 366 g/mol. The zero-order valence-electron chi connectivity index (χ0n) is 14.3. The molecule has 0 aromatic heterocycles. The van der Waals surface area contributed by atoms with Crippen LogP contribution in [0.25, 0.3) is 0 Å². The molecule has 2 rings (SSSR count).